The molecule has 1 aromatic heterocycles. The quantitative estimate of drug-likeness (QED) is 0.903. The zero-order valence-corrected chi connectivity index (χ0v) is 11.5. The summed E-state index contributed by atoms with van der Waals surface area (Å²) in [5.74, 6) is -0.771. The van der Waals surface area contributed by atoms with Gasteiger partial charge in [-0.1, -0.05) is 18.2 Å². The lowest BCUT2D eigenvalue weighted by Gasteiger charge is -2.06. The Morgan fingerprint density at radius 2 is 1.84 bits per heavy atom. The fraction of sp³-hybridized carbons (Fsp3) is 0.143. The maximum Gasteiger partial charge on any atom is 0.256 e. The first-order valence-electron chi connectivity index (χ1n) is 5.76. The SMILES string of the molecule is Cc1cc(C(N)=O)c(NC(=O)c2ccccc2C)s1. The Bertz CT molecular complexity index is 647. The predicted octanol–water partition coefficient (Wildman–Crippen LogP) is 2.72. The van der Waals surface area contributed by atoms with Crippen molar-refractivity contribution in [1.82, 2.24) is 0 Å². The van der Waals surface area contributed by atoms with Gasteiger partial charge in [-0.3, -0.25) is 9.59 Å². The Labute approximate surface area is 115 Å². The van der Waals surface area contributed by atoms with E-state index in [4.69, 9.17) is 5.73 Å². The Kier molecular flexibility index (Phi) is 3.66. The molecule has 1 heterocycles. The molecule has 0 spiro atoms. The van der Waals surface area contributed by atoms with E-state index >= 15 is 0 Å². The summed E-state index contributed by atoms with van der Waals surface area (Å²) in [4.78, 5) is 24.4. The highest BCUT2D eigenvalue weighted by Gasteiger charge is 2.16. The van der Waals surface area contributed by atoms with Crippen LogP contribution >= 0.6 is 11.3 Å². The third-order valence-electron chi connectivity index (χ3n) is 2.74. The van der Waals surface area contributed by atoms with Gasteiger partial charge in [0.15, 0.2) is 0 Å². The number of rotatable bonds is 3. The molecule has 19 heavy (non-hydrogen) atoms. The monoisotopic (exact) mass is 274 g/mol. The third kappa shape index (κ3) is 2.82. The van der Waals surface area contributed by atoms with Crippen LogP contribution in [0.2, 0.25) is 0 Å². The minimum absolute atomic E-state index is 0.234. The summed E-state index contributed by atoms with van der Waals surface area (Å²) >= 11 is 1.34. The van der Waals surface area contributed by atoms with Crippen LogP contribution in [0, 0.1) is 13.8 Å². The van der Waals surface area contributed by atoms with Crippen molar-refractivity contribution in [3.63, 3.8) is 0 Å². The Balaban J connectivity index is 2.29. The van der Waals surface area contributed by atoms with E-state index in [0.29, 0.717) is 16.1 Å². The number of nitrogens with one attached hydrogen (secondary N) is 1. The molecule has 0 saturated carbocycles. The van der Waals surface area contributed by atoms with Crippen LogP contribution in [0.25, 0.3) is 0 Å². The number of thiophene rings is 1. The molecule has 98 valence electrons. The smallest absolute Gasteiger partial charge is 0.256 e. The van der Waals surface area contributed by atoms with Crippen LogP contribution in [-0.2, 0) is 0 Å². The van der Waals surface area contributed by atoms with Gasteiger partial charge in [0.05, 0.1) is 5.56 Å². The lowest BCUT2D eigenvalue weighted by Crippen LogP contribution is -2.17. The first kappa shape index (κ1) is 13.3. The Hall–Kier alpha value is -2.14. The number of carbonyl (C=O) groups excluding carboxylic acids is 2. The van der Waals surface area contributed by atoms with Crippen molar-refractivity contribution in [2.75, 3.05) is 5.32 Å². The fourth-order valence-corrected chi connectivity index (χ4v) is 2.70. The molecule has 0 aliphatic carbocycles. The number of anilines is 1. The zero-order chi connectivity index (χ0) is 14.0. The van der Waals surface area contributed by atoms with Crippen molar-refractivity contribution >= 4 is 28.2 Å². The van der Waals surface area contributed by atoms with Gasteiger partial charge in [-0.05, 0) is 31.5 Å². The van der Waals surface area contributed by atoms with Crippen molar-refractivity contribution in [3.05, 3.63) is 51.9 Å². The molecule has 0 unspecified atom stereocenters. The second-order valence-corrected chi connectivity index (χ2v) is 5.49. The van der Waals surface area contributed by atoms with Crippen LogP contribution in [0.3, 0.4) is 0 Å². The second-order valence-electron chi connectivity index (χ2n) is 4.23. The van der Waals surface area contributed by atoms with E-state index in [1.807, 2.05) is 26.0 Å². The summed E-state index contributed by atoms with van der Waals surface area (Å²) in [6.45, 7) is 3.73. The lowest BCUT2D eigenvalue weighted by atomic mass is 10.1. The van der Waals surface area contributed by atoms with Gasteiger partial charge in [0.1, 0.15) is 5.00 Å². The van der Waals surface area contributed by atoms with Gasteiger partial charge in [0.2, 0.25) is 0 Å². The van der Waals surface area contributed by atoms with Crippen LogP contribution < -0.4 is 11.1 Å². The second kappa shape index (κ2) is 5.24. The number of hydrogen-bond donors (Lipinski definition) is 2. The maximum absolute atomic E-state index is 12.2. The molecule has 2 amide bonds. The van der Waals surface area contributed by atoms with Crippen molar-refractivity contribution in [3.8, 4) is 0 Å². The van der Waals surface area contributed by atoms with E-state index in [9.17, 15) is 9.59 Å². The molecule has 0 aliphatic rings. The van der Waals surface area contributed by atoms with Crippen LogP contribution in [0.4, 0.5) is 5.00 Å². The number of carbonyl (C=O) groups is 2. The maximum atomic E-state index is 12.2. The first-order chi connectivity index (χ1) is 8.99. The zero-order valence-electron chi connectivity index (χ0n) is 10.7. The molecule has 0 saturated heterocycles. The minimum Gasteiger partial charge on any atom is -0.366 e. The molecule has 0 radical (unpaired) electrons. The predicted molar refractivity (Wildman–Crippen MR) is 76.7 cm³/mol. The van der Waals surface area contributed by atoms with Gasteiger partial charge in [-0.25, -0.2) is 0 Å². The standard InChI is InChI=1S/C14H14N2O2S/c1-8-5-3-4-6-10(8)13(18)16-14-11(12(15)17)7-9(2)19-14/h3-7H,1-2H3,(H2,15,17)(H,16,18). The number of amides is 2. The summed E-state index contributed by atoms with van der Waals surface area (Å²) in [5, 5.41) is 3.25. The van der Waals surface area contributed by atoms with E-state index in [1.165, 1.54) is 11.3 Å². The van der Waals surface area contributed by atoms with Gasteiger partial charge in [-0.2, -0.15) is 0 Å². The highest BCUT2D eigenvalue weighted by atomic mass is 32.1. The van der Waals surface area contributed by atoms with Gasteiger partial charge in [-0.15, -0.1) is 11.3 Å². The molecule has 0 aliphatic heterocycles. The third-order valence-corrected chi connectivity index (χ3v) is 3.70. The van der Waals surface area contributed by atoms with E-state index in [2.05, 4.69) is 5.32 Å². The molecule has 0 atom stereocenters. The number of benzene rings is 1. The van der Waals surface area contributed by atoms with Gasteiger partial charge in [0, 0.05) is 10.4 Å². The van der Waals surface area contributed by atoms with Crippen molar-refractivity contribution in [2.24, 2.45) is 5.73 Å². The fourth-order valence-electron chi connectivity index (χ4n) is 1.79. The normalized spacial score (nSPS) is 10.2. The molecular formula is C14H14N2O2S. The summed E-state index contributed by atoms with van der Waals surface area (Å²) in [5.41, 5.74) is 7.11. The Morgan fingerprint density at radius 3 is 2.47 bits per heavy atom. The van der Waals surface area contributed by atoms with Gasteiger partial charge >= 0.3 is 0 Å². The molecular weight excluding hydrogens is 260 g/mol. The summed E-state index contributed by atoms with van der Waals surface area (Å²) in [7, 11) is 0. The van der Waals surface area contributed by atoms with Crippen LogP contribution in [0.5, 0.6) is 0 Å². The van der Waals surface area contributed by atoms with E-state index in [1.54, 1.807) is 18.2 Å². The number of aryl methyl sites for hydroxylation is 2. The number of hydrogen-bond acceptors (Lipinski definition) is 3. The van der Waals surface area contributed by atoms with Crippen molar-refractivity contribution in [2.45, 2.75) is 13.8 Å². The molecule has 0 fully saturated rings. The van der Waals surface area contributed by atoms with E-state index in [-0.39, 0.29) is 5.91 Å². The van der Waals surface area contributed by atoms with Crippen LogP contribution in [0.1, 0.15) is 31.2 Å². The molecule has 5 heteroatoms. The highest BCUT2D eigenvalue weighted by Crippen LogP contribution is 2.27. The first-order valence-corrected chi connectivity index (χ1v) is 6.58. The summed E-state index contributed by atoms with van der Waals surface area (Å²) in [6.07, 6.45) is 0. The lowest BCUT2D eigenvalue weighted by molar-refractivity contribution is 0.100. The number of primary amides is 1. The summed E-state index contributed by atoms with van der Waals surface area (Å²) < 4.78 is 0. The van der Waals surface area contributed by atoms with Gasteiger partial charge in [0.25, 0.3) is 11.8 Å². The molecule has 2 rings (SSSR count). The van der Waals surface area contributed by atoms with E-state index in [0.717, 1.165) is 10.4 Å². The average molecular weight is 274 g/mol. The number of nitrogens with two attached hydrogens (primary N) is 1. The van der Waals surface area contributed by atoms with Crippen LogP contribution in [-0.4, -0.2) is 11.8 Å². The largest absolute Gasteiger partial charge is 0.366 e. The molecule has 3 N–H and O–H groups in total. The highest BCUT2D eigenvalue weighted by molar-refractivity contribution is 7.16. The minimum atomic E-state index is -0.538. The molecule has 0 bridgehead atoms. The molecule has 4 nitrogen and oxygen atoms in total. The summed E-state index contributed by atoms with van der Waals surface area (Å²) in [6, 6.07) is 8.96. The Morgan fingerprint density at radius 1 is 1.16 bits per heavy atom. The van der Waals surface area contributed by atoms with Gasteiger partial charge < -0.3 is 11.1 Å². The topological polar surface area (TPSA) is 72.2 Å². The molecule has 1 aromatic carbocycles. The van der Waals surface area contributed by atoms with Crippen molar-refractivity contribution < 1.29 is 9.59 Å². The average Bonchev–Trinajstić information content (AvgIpc) is 2.70. The molecule has 2 aromatic rings. The van der Waals surface area contributed by atoms with Crippen molar-refractivity contribution in [1.29, 1.82) is 0 Å². The van der Waals surface area contributed by atoms with E-state index < -0.39 is 5.91 Å². The van der Waals surface area contributed by atoms with Crippen LogP contribution in [0.15, 0.2) is 30.3 Å².